The molecule has 0 saturated heterocycles. The van der Waals surface area contributed by atoms with Crippen LogP contribution >= 0.6 is 11.3 Å². The zero-order chi connectivity index (χ0) is 13.5. The first-order chi connectivity index (χ1) is 8.58. The summed E-state index contributed by atoms with van der Waals surface area (Å²) in [5, 5.41) is 3.64. The van der Waals surface area contributed by atoms with Crippen molar-refractivity contribution in [2.75, 3.05) is 26.2 Å². The average Bonchev–Trinajstić information content (AvgIpc) is 2.68. The highest BCUT2D eigenvalue weighted by atomic mass is 32.1. The van der Waals surface area contributed by atoms with Crippen LogP contribution in [0.3, 0.4) is 0 Å². The van der Waals surface area contributed by atoms with E-state index < -0.39 is 0 Å². The second-order valence-corrected chi connectivity index (χ2v) is 6.39. The maximum Gasteiger partial charge on any atom is 0.0302 e. The second-order valence-electron chi connectivity index (χ2n) is 4.92. The minimum Gasteiger partial charge on any atom is -0.310 e. The van der Waals surface area contributed by atoms with Crippen LogP contribution in [0.5, 0.6) is 0 Å². The lowest BCUT2D eigenvalue weighted by Gasteiger charge is -2.19. The SMILES string of the molecule is CCN(CC)CCCNC(C)c1cc(C)sc1C. The Morgan fingerprint density at radius 1 is 1.28 bits per heavy atom. The van der Waals surface area contributed by atoms with Crippen molar-refractivity contribution >= 4 is 11.3 Å². The molecule has 3 heteroatoms. The lowest BCUT2D eigenvalue weighted by molar-refractivity contribution is 0.296. The van der Waals surface area contributed by atoms with Crippen molar-refractivity contribution < 1.29 is 0 Å². The Kier molecular flexibility index (Phi) is 6.90. The Balaban J connectivity index is 2.29. The van der Waals surface area contributed by atoms with E-state index in [9.17, 15) is 0 Å². The highest BCUT2D eigenvalue weighted by Crippen LogP contribution is 2.25. The molecule has 0 aromatic carbocycles. The van der Waals surface area contributed by atoms with Crippen molar-refractivity contribution in [3.8, 4) is 0 Å². The molecule has 0 saturated carbocycles. The zero-order valence-corrected chi connectivity index (χ0v) is 13.4. The quantitative estimate of drug-likeness (QED) is 0.722. The number of nitrogens with zero attached hydrogens (tertiary/aromatic N) is 1. The predicted octanol–water partition coefficient (Wildman–Crippen LogP) is 3.75. The van der Waals surface area contributed by atoms with Crippen molar-refractivity contribution in [2.24, 2.45) is 0 Å². The molecule has 0 spiro atoms. The topological polar surface area (TPSA) is 15.3 Å². The summed E-state index contributed by atoms with van der Waals surface area (Å²) in [4.78, 5) is 5.35. The fourth-order valence-corrected chi connectivity index (χ4v) is 3.37. The van der Waals surface area contributed by atoms with Crippen LogP contribution in [0, 0.1) is 13.8 Å². The van der Waals surface area contributed by atoms with Gasteiger partial charge < -0.3 is 10.2 Å². The van der Waals surface area contributed by atoms with Gasteiger partial charge in [-0.2, -0.15) is 0 Å². The molecule has 104 valence electrons. The molecule has 1 atom stereocenters. The molecule has 1 heterocycles. The molecule has 0 aliphatic heterocycles. The number of thiophene rings is 1. The zero-order valence-electron chi connectivity index (χ0n) is 12.5. The Bertz CT molecular complexity index is 342. The van der Waals surface area contributed by atoms with Crippen LogP contribution in [0.2, 0.25) is 0 Å². The van der Waals surface area contributed by atoms with Crippen LogP contribution in [0.25, 0.3) is 0 Å². The number of nitrogens with one attached hydrogen (secondary N) is 1. The normalized spacial score (nSPS) is 13.2. The monoisotopic (exact) mass is 268 g/mol. The molecule has 18 heavy (non-hydrogen) atoms. The van der Waals surface area contributed by atoms with Gasteiger partial charge in [0.15, 0.2) is 0 Å². The lowest BCUT2D eigenvalue weighted by atomic mass is 10.1. The number of hydrogen-bond acceptors (Lipinski definition) is 3. The molecule has 0 fully saturated rings. The van der Waals surface area contributed by atoms with E-state index in [0.717, 1.165) is 19.6 Å². The molecule has 0 aliphatic rings. The smallest absolute Gasteiger partial charge is 0.0302 e. The van der Waals surface area contributed by atoms with E-state index in [-0.39, 0.29) is 0 Å². The van der Waals surface area contributed by atoms with E-state index in [0.29, 0.717) is 6.04 Å². The largest absolute Gasteiger partial charge is 0.310 e. The molecule has 1 aromatic rings. The first-order valence-electron chi connectivity index (χ1n) is 7.11. The van der Waals surface area contributed by atoms with Gasteiger partial charge >= 0.3 is 0 Å². The first-order valence-corrected chi connectivity index (χ1v) is 7.92. The maximum absolute atomic E-state index is 3.64. The summed E-state index contributed by atoms with van der Waals surface area (Å²) < 4.78 is 0. The predicted molar refractivity (Wildman–Crippen MR) is 82.6 cm³/mol. The Hall–Kier alpha value is -0.380. The van der Waals surface area contributed by atoms with Gasteiger partial charge in [0.05, 0.1) is 0 Å². The van der Waals surface area contributed by atoms with Gasteiger partial charge in [0.2, 0.25) is 0 Å². The molecule has 1 rings (SSSR count). The van der Waals surface area contributed by atoms with Gasteiger partial charge in [-0.15, -0.1) is 11.3 Å². The van der Waals surface area contributed by atoms with Crippen LogP contribution in [0.15, 0.2) is 6.07 Å². The Labute approximate surface area is 116 Å². The molecule has 0 aliphatic carbocycles. The lowest BCUT2D eigenvalue weighted by Crippen LogP contribution is -2.28. The highest BCUT2D eigenvalue weighted by molar-refractivity contribution is 7.12. The number of rotatable bonds is 8. The molecule has 1 N–H and O–H groups in total. The Morgan fingerprint density at radius 3 is 2.44 bits per heavy atom. The third-order valence-electron chi connectivity index (χ3n) is 3.54. The standard InChI is InChI=1S/C15H28N2S/c1-6-17(7-2)10-8-9-16-13(4)15-11-12(3)18-14(15)5/h11,13,16H,6-10H2,1-5H3. The van der Waals surface area contributed by atoms with E-state index in [4.69, 9.17) is 0 Å². The molecule has 1 unspecified atom stereocenters. The molecule has 0 bridgehead atoms. The van der Waals surface area contributed by atoms with Crippen LogP contribution in [0.1, 0.15) is 48.6 Å². The molecule has 2 nitrogen and oxygen atoms in total. The van der Waals surface area contributed by atoms with E-state index in [1.807, 2.05) is 11.3 Å². The summed E-state index contributed by atoms with van der Waals surface area (Å²) in [5.41, 5.74) is 1.47. The van der Waals surface area contributed by atoms with Gasteiger partial charge in [-0.25, -0.2) is 0 Å². The number of aryl methyl sites for hydroxylation is 2. The van der Waals surface area contributed by atoms with Crippen LogP contribution in [-0.2, 0) is 0 Å². The van der Waals surface area contributed by atoms with E-state index >= 15 is 0 Å². The minimum atomic E-state index is 0.478. The summed E-state index contributed by atoms with van der Waals surface area (Å²) in [6.45, 7) is 15.8. The van der Waals surface area contributed by atoms with Crippen molar-refractivity contribution in [1.29, 1.82) is 0 Å². The minimum absolute atomic E-state index is 0.478. The Morgan fingerprint density at radius 2 is 1.94 bits per heavy atom. The van der Waals surface area contributed by atoms with Crippen molar-refractivity contribution in [2.45, 2.75) is 47.1 Å². The van der Waals surface area contributed by atoms with E-state index in [1.54, 1.807) is 0 Å². The van der Waals surface area contributed by atoms with Gasteiger partial charge in [0.25, 0.3) is 0 Å². The van der Waals surface area contributed by atoms with Crippen molar-refractivity contribution in [3.63, 3.8) is 0 Å². The van der Waals surface area contributed by atoms with E-state index in [2.05, 4.69) is 50.9 Å². The van der Waals surface area contributed by atoms with Crippen molar-refractivity contribution in [1.82, 2.24) is 10.2 Å². The van der Waals surface area contributed by atoms with Gasteiger partial charge in [0, 0.05) is 15.8 Å². The van der Waals surface area contributed by atoms with E-state index in [1.165, 1.54) is 28.3 Å². The molecule has 0 amide bonds. The third-order valence-corrected chi connectivity index (χ3v) is 4.52. The fourth-order valence-electron chi connectivity index (χ4n) is 2.35. The summed E-state index contributed by atoms with van der Waals surface area (Å²) in [7, 11) is 0. The van der Waals surface area contributed by atoms with Crippen LogP contribution in [-0.4, -0.2) is 31.1 Å². The summed E-state index contributed by atoms with van der Waals surface area (Å²) in [6.07, 6.45) is 1.23. The van der Waals surface area contributed by atoms with Gasteiger partial charge in [-0.1, -0.05) is 13.8 Å². The van der Waals surface area contributed by atoms with Gasteiger partial charge in [0.1, 0.15) is 0 Å². The summed E-state index contributed by atoms with van der Waals surface area (Å²) in [6, 6.07) is 2.80. The summed E-state index contributed by atoms with van der Waals surface area (Å²) in [5.74, 6) is 0. The van der Waals surface area contributed by atoms with Crippen LogP contribution in [0.4, 0.5) is 0 Å². The maximum atomic E-state index is 3.64. The number of hydrogen-bond donors (Lipinski definition) is 1. The van der Waals surface area contributed by atoms with Crippen molar-refractivity contribution in [3.05, 3.63) is 21.4 Å². The highest BCUT2D eigenvalue weighted by Gasteiger charge is 2.10. The third kappa shape index (κ3) is 4.71. The molecular weight excluding hydrogens is 240 g/mol. The summed E-state index contributed by atoms with van der Waals surface area (Å²) >= 11 is 1.90. The molecule has 1 aromatic heterocycles. The van der Waals surface area contributed by atoms with Crippen LogP contribution < -0.4 is 5.32 Å². The first kappa shape index (κ1) is 15.7. The molecular formula is C15H28N2S. The molecule has 0 radical (unpaired) electrons. The average molecular weight is 268 g/mol. The fraction of sp³-hybridized carbons (Fsp3) is 0.733. The van der Waals surface area contributed by atoms with Gasteiger partial charge in [-0.05, 0) is 65.0 Å². The second kappa shape index (κ2) is 7.93. The van der Waals surface area contributed by atoms with Gasteiger partial charge in [-0.3, -0.25) is 0 Å².